The number of amides is 1. The molecule has 1 amide bonds. The van der Waals surface area contributed by atoms with Crippen molar-refractivity contribution >= 4 is 12.1 Å². The molecule has 1 aliphatic carbocycles. The number of alkyl carbamates (subject to hydrolysis) is 1. The molecule has 1 fully saturated rings. The fourth-order valence-electron chi connectivity index (χ4n) is 2.75. The maximum Gasteiger partial charge on any atom is 0.408 e. The minimum atomic E-state index is -0.976. The lowest BCUT2D eigenvalue weighted by Crippen LogP contribution is -2.48. The van der Waals surface area contributed by atoms with Gasteiger partial charge in [0.15, 0.2) is 0 Å². The van der Waals surface area contributed by atoms with Crippen LogP contribution >= 0.6 is 0 Å². The van der Waals surface area contributed by atoms with Gasteiger partial charge < -0.3 is 15.2 Å². The van der Waals surface area contributed by atoms with E-state index in [0.717, 1.165) is 32.1 Å². The number of ether oxygens (including phenoxy) is 1. The highest BCUT2D eigenvalue weighted by molar-refractivity contribution is 5.80. The fourth-order valence-corrected chi connectivity index (χ4v) is 2.75. The van der Waals surface area contributed by atoms with Gasteiger partial charge in [-0.05, 0) is 45.4 Å². The van der Waals surface area contributed by atoms with Crippen LogP contribution in [0.15, 0.2) is 0 Å². The summed E-state index contributed by atoms with van der Waals surface area (Å²) >= 11 is 0. The van der Waals surface area contributed by atoms with Crippen LogP contribution in [0.3, 0.4) is 0 Å². The monoisotopic (exact) mass is 285 g/mol. The van der Waals surface area contributed by atoms with E-state index in [9.17, 15) is 14.7 Å². The van der Waals surface area contributed by atoms with Gasteiger partial charge in [0.1, 0.15) is 11.6 Å². The lowest BCUT2D eigenvalue weighted by Gasteiger charge is -2.32. The molecule has 0 spiro atoms. The predicted octanol–water partition coefficient (Wildman–Crippen LogP) is 3.18. The minimum Gasteiger partial charge on any atom is -0.480 e. The van der Waals surface area contributed by atoms with E-state index in [1.165, 1.54) is 0 Å². The number of carbonyl (C=O) groups is 2. The Labute approximate surface area is 121 Å². The molecule has 0 radical (unpaired) electrons. The first-order chi connectivity index (χ1) is 9.23. The highest BCUT2D eigenvalue weighted by Gasteiger charge is 2.33. The van der Waals surface area contributed by atoms with Crippen LogP contribution in [0, 0.1) is 11.8 Å². The van der Waals surface area contributed by atoms with E-state index in [-0.39, 0.29) is 5.92 Å². The number of hydrogen-bond acceptors (Lipinski definition) is 3. The van der Waals surface area contributed by atoms with Crippen LogP contribution < -0.4 is 5.32 Å². The Bertz CT molecular complexity index is 340. The molecule has 0 heterocycles. The maximum atomic E-state index is 11.7. The SMILES string of the molecule is CCC1CCC(C(NC(=O)OC(C)(C)C)C(=O)O)CC1. The molecule has 0 aromatic heterocycles. The van der Waals surface area contributed by atoms with Gasteiger partial charge in [-0.2, -0.15) is 0 Å². The Morgan fingerprint density at radius 2 is 1.80 bits per heavy atom. The van der Waals surface area contributed by atoms with Gasteiger partial charge >= 0.3 is 12.1 Å². The zero-order chi connectivity index (χ0) is 15.3. The number of aliphatic carboxylic acids is 1. The maximum absolute atomic E-state index is 11.7. The molecule has 0 bridgehead atoms. The first-order valence-corrected chi connectivity index (χ1v) is 7.45. The number of carboxylic acids is 1. The van der Waals surface area contributed by atoms with Gasteiger partial charge in [-0.3, -0.25) is 0 Å². The van der Waals surface area contributed by atoms with Crippen LogP contribution in [-0.4, -0.2) is 28.8 Å². The second kappa shape index (κ2) is 6.95. The molecule has 0 aromatic carbocycles. The average Bonchev–Trinajstić information content (AvgIpc) is 2.34. The van der Waals surface area contributed by atoms with Crippen LogP contribution in [-0.2, 0) is 9.53 Å². The number of nitrogens with one attached hydrogen (secondary N) is 1. The van der Waals surface area contributed by atoms with Crippen molar-refractivity contribution in [1.29, 1.82) is 0 Å². The summed E-state index contributed by atoms with van der Waals surface area (Å²) in [5.41, 5.74) is -0.618. The summed E-state index contributed by atoms with van der Waals surface area (Å²) in [5, 5.41) is 11.8. The van der Waals surface area contributed by atoms with Crippen molar-refractivity contribution < 1.29 is 19.4 Å². The van der Waals surface area contributed by atoms with Crippen molar-refractivity contribution in [2.45, 2.75) is 71.4 Å². The van der Waals surface area contributed by atoms with E-state index < -0.39 is 23.7 Å². The summed E-state index contributed by atoms with van der Waals surface area (Å²) in [4.78, 5) is 23.1. The van der Waals surface area contributed by atoms with Crippen LogP contribution in [0.4, 0.5) is 4.79 Å². The third-order valence-electron chi connectivity index (χ3n) is 3.88. The van der Waals surface area contributed by atoms with Crippen LogP contribution in [0.25, 0.3) is 0 Å². The number of carbonyl (C=O) groups excluding carboxylic acids is 1. The van der Waals surface area contributed by atoms with E-state index in [1.54, 1.807) is 20.8 Å². The standard InChI is InChI=1S/C15H27NO4/c1-5-10-6-8-11(9-7-10)12(13(17)18)16-14(19)20-15(2,3)4/h10-12H,5-9H2,1-4H3,(H,16,19)(H,17,18). The molecule has 5 nitrogen and oxygen atoms in total. The molecule has 1 aliphatic rings. The zero-order valence-electron chi connectivity index (χ0n) is 12.9. The van der Waals surface area contributed by atoms with Gasteiger partial charge in [0.25, 0.3) is 0 Å². The highest BCUT2D eigenvalue weighted by Crippen LogP contribution is 2.32. The predicted molar refractivity (Wildman–Crippen MR) is 76.5 cm³/mol. The van der Waals surface area contributed by atoms with E-state index in [0.29, 0.717) is 5.92 Å². The van der Waals surface area contributed by atoms with Gasteiger partial charge in [0.2, 0.25) is 0 Å². The van der Waals surface area contributed by atoms with Gasteiger partial charge in [0, 0.05) is 0 Å². The highest BCUT2D eigenvalue weighted by atomic mass is 16.6. The lowest BCUT2D eigenvalue weighted by molar-refractivity contribution is -0.141. The summed E-state index contributed by atoms with van der Waals surface area (Å²) < 4.78 is 5.14. The van der Waals surface area contributed by atoms with Crippen molar-refractivity contribution in [3.8, 4) is 0 Å². The Balaban J connectivity index is 2.57. The second-order valence-corrected chi connectivity index (χ2v) is 6.65. The Kier molecular flexibility index (Phi) is 5.84. The second-order valence-electron chi connectivity index (χ2n) is 6.65. The molecule has 0 aromatic rings. The van der Waals surface area contributed by atoms with E-state index >= 15 is 0 Å². The Morgan fingerprint density at radius 3 is 2.20 bits per heavy atom. The first kappa shape index (κ1) is 16.8. The Morgan fingerprint density at radius 1 is 1.25 bits per heavy atom. The smallest absolute Gasteiger partial charge is 0.408 e. The Hall–Kier alpha value is -1.26. The summed E-state index contributed by atoms with van der Waals surface area (Å²) in [7, 11) is 0. The van der Waals surface area contributed by atoms with Crippen molar-refractivity contribution in [3.63, 3.8) is 0 Å². The van der Waals surface area contributed by atoms with Crippen molar-refractivity contribution in [1.82, 2.24) is 5.32 Å². The zero-order valence-corrected chi connectivity index (χ0v) is 12.9. The normalized spacial score (nSPS) is 24.8. The van der Waals surface area contributed by atoms with Crippen molar-refractivity contribution in [2.75, 3.05) is 0 Å². The molecule has 0 aliphatic heterocycles. The molecular weight excluding hydrogens is 258 g/mol. The van der Waals surface area contributed by atoms with E-state index in [1.807, 2.05) is 0 Å². The summed E-state index contributed by atoms with van der Waals surface area (Å²) in [6.07, 6.45) is 4.28. The topological polar surface area (TPSA) is 75.6 Å². The van der Waals surface area contributed by atoms with Crippen LogP contribution in [0.5, 0.6) is 0 Å². The summed E-state index contributed by atoms with van der Waals surface area (Å²) in [5.74, 6) is -0.277. The molecule has 2 N–H and O–H groups in total. The summed E-state index contributed by atoms with van der Waals surface area (Å²) in [6.45, 7) is 7.44. The first-order valence-electron chi connectivity index (χ1n) is 7.45. The molecule has 0 saturated heterocycles. The number of hydrogen-bond donors (Lipinski definition) is 2. The third-order valence-corrected chi connectivity index (χ3v) is 3.88. The van der Waals surface area contributed by atoms with Gasteiger partial charge in [0.05, 0.1) is 0 Å². The van der Waals surface area contributed by atoms with Gasteiger partial charge in [-0.25, -0.2) is 9.59 Å². The van der Waals surface area contributed by atoms with Crippen molar-refractivity contribution in [2.24, 2.45) is 11.8 Å². The number of carboxylic acid groups (broad SMARTS) is 1. The fraction of sp³-hybridized carbons (Fsp3) is 0.867. The van der Waals surface area contributed by atoms with Gasteiger partial charge in [-0.1, -0.05) is 26.2 Å². The van der Waals surface area contributed by atoms with Crippen LogP contribution in [0.2, 0.25) is 0 Å². The third kappa shape index (κ3) is 5.39. The number of rotatable bonds is 4. The quantitative estimate of drug-likeness (QED) is 0.831. The molecule has 116 valence electrons. The molecular formula is C15H27NO4. The molecule has 1 rings (SSSR count). The van der Waals surface area contributed by atoms with E-state index in [4.69, 9.17) is 4.74 Å². The van der Waals surface area contributed by atoms with Gasteiger partial charge in [-0.15, -0.1) is 0 Å². The molecule has 1 unspecified atom stereocenters. The van der Waals surface area contributed by atoms with E-state index in [2.05, 4.69) is 12.2 Å². The summed E-state index contributed by atoms with van der Waals surface area (Å²) in [6, 6.07) is -0.845. The molecule has 20 heavy (non-hydrogen) atoms. The van der Waals surface area contributed by atoms with Crippen molar-refractivity contribution in [3.05, 3.63) is 0 Å². The average molecular weight is 285 g/mol. The molecule has 1 atom stereocenters. The molecule has 5 heteroatoms. The van der Waals surface area contributed by atoms with Crippen LogP contribution in [0.1, 0.15) is 59.8 Å². The molecule has 1 saturated carbocycles. The largest absolute Gasteiger partial charge is 0.480 e. The lowest BCUT2D eigenvalue weighted by atomic mass is 9.77. The minimum absolute atomic E-state index is 0.00261.